The van der Waals surface area contributed by atoms with Gasteiger partial charge in [-0.05, 0) is 32.0 Å². The van der Waals surface area contributed by atoms with Crippen molar-refractivity contribution in [3.8, 4) is 11.5 Å². The fraction of sp³-hybridized carbons (Fsp3) is 0.231. The molecule has 2 rings (SSSR count). The van der Waals surface area contributed by atoms with E-state index in [0.717, 1.165) is 6.08 Å². The Morgan fingerprint density at radius 1 is 1.39 bits per heavy atom. The molecule has 1 aromatic carbocycles. The van der Waals surface area contributed by atoms with E-state index in [0.29, 0.717) is 24.2 Å². The SMILES string of the molecule is CC1=CC(=O)NS(=O)(=O)O1.CCOc1cc(C=O)ccc1O.[KH]. The summed E-state index contributed by atoms with van der Waals surface area (Å²) in [6.45, 7) is 3.67. The van der Waals surface area contributed by atoms with Gasteiger partial charge in [-0.15, -0.1) is 0 Å². The van der Waals surface area contributed by atoms with Crippen molar-refractivity contribution in [3.05, 3.63) is 35.6 Å². The zero-order valence-electron chi connectivity index (χ0n) is 11.9. The van der Waals surface area contributed by atoms with Gasteiger partial charge in [0.05, 0.1) is 6.61 Å². The molecule has 0 atom stereocenters. The summed E-state index contributed by atoms with van der Waals surface area (Å²) >= 11 is 0. The van der Waals surface area contributed by atoms with Gasteiger partial charge in [-0.3, -0.25) is 9.59 Å². The normalized spacial score (nSPS) is 14.7. The number of carbonyl (C=O) groups excluding carboxylic acids is 2. The molecule has 1 aliphatic heterocycles. The van der Waals surface area contributed by atoms with Gasteiger partial charge in [0, 0.05) is 11.6 Å². The van der Waals surface area contributed by atoms with Gasteiger partial charge >= 0.3 is 61.7 Å². The Labute approximate surface area is 176 Å². The predicted octanol–water partition coefficient (Wildman–Crippen LogP) is 0.236. The summed E-state index contributed by atoms with van der Waals surface area (Å²) in [5, 5.41) is 9.22. The van der Waals surface area contributed by atoms with Gasteiger partial charge < -0.3 is 14.0 Å². The Morgan fingerprint density at radius 2 is 2.04 bits per heavy atom. The number of hydrogen-bond donors (Lipinski definition) is 2. The van der Waals surface area contributed by atoms with Gasteiger partial charge in [-0.2, -0.15) is 8.42 Å². The van der Waals surface area contributed by atoms with Crippen LogP contribution < -0.4 is 9.46 Å². The van der Waals surface area contributed by atoms with E-state index in [1.165, 1.54) is 25.1 Å². The molecule has 0 spiro atoms. The number of phenolic OH excluding ortho intramolecular Hbond substituents is 1. The molecule has 10 heteroatoms. The van der Waals surface area contributed by atoms with Crippen LogP contribution in [0.2, 0.25) is 0 Å². The molecule has 0 bridgehead atoms. The first-order chi connectivity index (χ1) is 10.3. The Morgan fingerprint density at radius 3 is 2.52 bits per heavy atom. The van der Waals surface area contributed by atoms with Gasteiger partial charge in [0.25, 0.3) is 5.91 Å². The van der Waals surface area contributed by atoms with Crippen molar-refractivity contribution in [1.82, 2.24) is 4.72 Å². The molecule has 122 valence electrons. The molecular weight excluding hydrogens is 353 g/mol. The summed E-state index contributed by atoms with van der Waals surface area (Å²) in [6, 6.07) is 4.48. The molecule has 0 saturated heterocycles. The van der Waals surface area contributed by atoms with Gasteiger partial charge in [-0.25, -0.2) is 4.72 Å². The van der Waals surface area contributed by atoms with Crippen LogP contribution in [-0.4, -0.2) is 83.7 Å². The minimum atomic E-state index is -3.85. The second kappa shape index (κ2) is 10.1. The van der Waals surface area contributed by atoms with Crippen LogP contribution in [0.3, 0.4) is 0 Å². The third-order valence-electron chi connectivity index (χ3n) is 2.22. The summed E-state index contributed by atoms with van der Waals surface area (Å²) < 4.78 is 31.9. The van der Waals surface area contributed by atoms with E-state index in [2.05, 4.69) is 4.18 Å². The third-order valence-corrected chi connectivity index (χ3v) is 3.15. The van der Waals surface area contributed by atoms with Crippen molar-refractivity contribution >= 4 is 73.9 Å². The van der Waals surface area contributed by atoms with E-state index in [-0.39, 0.29) is 62.9 Å². The van der Waals surface area contributed by atoms with E-state index in [1.54, 1.807) is 4.72 Å². The standard InChI is InChI=1S/C9H10O3.C4H5NO4S.K.H/c1-2-12-9-5-7(6-10)3-4-8(9)11;1-3-2-4(6)5-10(7,8)9-3;;/h3-6,11H,2H2,1H3;2H,1H3,(H,5,6);;. The van der Waals surface area contributed by atoms with Crippen molar-refractivity contribution < 1.29 is 32.0 Å². The third kappa shape index (κ3) is 7.95. The molecule has 8 nitrogen and oxygen atoms in total. The number of phenols is 1. The number of carbonyl (C=O) groups is 2. The molecule has 0 fully saturated rings. The monoisotopic (exact) mass is 369 g/mol. The summed E-state index contributed by atoms with van der Waals surface area (Å²) in [5.74, 6) is -0.197. The zero-order valence-corrected chi connectivity index (χ0v) is 12.7. The summed E-state index contributed by atoms with van der Waals surface area (Å²) in [4.78, 5) is 20.8. The predicted molar refractivity (Wildman–Crippen MR) is 83.7 cm³/mol. The van der Waals surface area contributed by atoms with Gasteiger partial charge in [0.1, 0.15) is 12.0 Å². The minimum absolute atomic E-state index is 0. The number of nitrogens with one attached hydrogen (secondary N) is 1. The van der Waals surface area contributed by atoms with Gasteiger partial charge in [0.15, 0.2) is 11.5 Å². The van der Waals surface area contributed by atoms with Crippen LogP contribution in [0.15, 0.2) is 30.0 Å². The number of rotatable bonds is 3. The first kappa shape index (κ1) is 22.1. The fourth-order valence-electron chi connectivity index (χ4n) is 1.43. The Bertz CT molecular complexity index is 700. The van der Waals surface area contributed by atoms with Gasteiger partial charge in [-0.1, -0.05) is 0 Å². The molecular formula is C13H16KNO7S. The van der Waals surface area contributed by atoms with Crippen molar-refractivity contribution in [1.29, 1.82) is 0 Å². The second-order valence-corrected chi connectivity index (χ2v) is 5.32. The molecule has 1 aliphatic rings. The molecule has 2 N–H and O–H groups in total. The first-order valence-corrected chi connectivity index (χ1v) is 7.53. The Hall–Kier alpha value is -0.914. The Balaban J connectivity index is 0.000000409. The molecule has 1 heterocycles. The van der Waals surface area contributed by atoms with Crippen molar-refractivity contribution in [2.75, 3.05) is 6.61 Å². The maximum absolute atomic E-state index is 10.5. The number of allylic oxidation sites excluding steroid dienone is 1. The fourth-order valence-corrected chi connectivity index (χ4v) is 2.17. The van der Waals surface area contributed by atoms with Crippen LogP contribution in [0, 0.1) is 0 Å². The van der Waals surface area contributed by atoms with Crippen molar-refractivity contribution in [3.63, 3.8) is 0 Å². The Kier molecular flexibility index (Phi) is 9.66. The number of benzene rings is 1. The summed E-state index contributed by atoms with van der Waals surface area (Å²) in [5.41, 5.74) is 0.497. The van der Waals surface area contributed by atoms with Crippen molar-refractivity contribution in [2.24, 2.45) is 0 Å². The van der Waals surface area contributed by atoms with E-state index in [4.69, 9.17) is 4.74 Å². The summed E-state index contributed by atoms with van der Waals surface area (Å²) in [6.07, 6.45) is 1.77. The average molecular weight is 369 g/mol. The number of aromatic hydroxyl groups is 1. The summed E-state index contributed by atoms with van der Waals surface area (Å²) in [7, 11) is -3.85. The molecule has 0 aromatic heterocycles. The first-order valence-electron chi connectivity index (χ1n) is 6.13. The molecule has 1 aromatic rings. The zero-order chi connectivity index (χ0) is 16.8. The molecule has 1 amide bonds. The van der Waals surface area contributed by atoms with Crippen LogP contribution in [0.4, 0.5) is 0 Å². The topological polar surface area (TPSA) is 119 Å². The van der Waals surface area contributed by atoms with Crippen LogP contribution in [0.25, 0.3) is 0 Å². The van der Waals surface area contributed by atoms with Gasteiger partial charge in [0.2, 0.25) is 0 Å². The molecule has 23 heavy (non-hydrogen) atoms. The quantitative estimate of drug-likeness (QED) is 0.578. The van der Waals surface area contributed by atoms with Crippen LogP contribution in [0.5, 0.6) is 11.5 Å². The number of hydrogen-bond acceptors (Lipinski definition) is 7. The van der Waals surface area contributed by atoms with Crippen LogP contribution in [0.1, 0.15) is 24.2 Å². The van der Waals surface area contributed by atoms with E-state index >= 15 is 0 Å². The van der Waals surface area contributed by atoms with E-state index in [1.807, 2.05) is 6.92 Å². The molecule has 0 unspecified atom stereocenters. The van der Waals surface area contributed by atoms with Crippen LogP contribution in [-0.2, 0) is 19.3 Å². The molecule has 0 aliphatic carbocycles. The van der Waals surface area contributed by atoms with E-state index < -0.39 is 16.2 Å². The number of aldehydes is 1. The van der Waals surface area contributed by atoms with E-state index in [9.17, 15) is 23.1 Å². The number of ether oxygens (including phenoxy) is 1. The number of amides is 1. The second-order valence-electron chi connectivity index (χ2n) is 4.04. The van der Waals surface area contributed by atoms with Crippen LogP contribution >= 0.6 is 0 Å². The molecule has 0 saturated carbocycles. The maximum atomic E-state index is 10.5. The molecule has 0 radical (unpaired) electrons. The average Bonchev–Trinajstić information content (AvgIpc) is 2.39. The van der Waals surface area contributed by atoms with Crippen molar-refractivity contribution in [2.45, 2.75) is 13.8 Å².